The Kier molecular flexibility index (Phi) is 4.18. The summed E-state index contributed by atoms with van der Waals surface area (Å²) in [6.07, 6.45) is 0. The second kappa shape index (κ2) is 6.18. The van der Waals surface area contributed by atoms with Crippen LogP contribution in [-0.4, -0.2) is 27.5 Å². The fraction of sp³-hybridized carbons (Fsp3) is 0.278. The quantitative estimate of drug-likeness (QED) is 0.670. The number of H-pyrrole nitrogens is 1. The number of aliphatic hydroxyl groups is 1. The van der Waals surface area contributed by atoms with Crippen molar-refractivity contribution in [1.82, 2.24) is 15.3 Å². The summed E-state index contributed by atoms with van der Waals surface area (Å²) in [4.78, 5) is 31.0. The Hall–Kier alpha value is -2.93. The molecule has 1 amide bonds. The monoisotopic (exact) mass is 341 g/mol. The Bertz CT molecular complexity index is 1000. The summed E-state index contributed by atoms with van der Waals surface area (Å²) in [7, 11) is 0. The highest BCUT2D eigenvalue weighted by Crippen LogP contribution is 2.26. The van der Waals surface area contributed by atoms with Crippen LogP contribution in [0.2, 0.25) is 0 Å². The average Bonchev–Trinajstić information content (AvgIpc) is 2.92. The van der Waals surface area contributed by atoms with Crippen molar-refractivity contribution in [3.63, 3.8) is 0 Å². The number of carbonyl (C=O) groups excluding carboxylic acids is 1. The standard InChI is InChI=1S/C18H19N3O4/c1-10-8-13(11(2)25-10)18(3,24)9-19-17(23)15-20-14-7-5-4-6-12(14)16(22)21-15/h4-8,24H,9H2,1-3H3,(H,19,23)(H,20,21,22). The molecule has 0 spiro atoms. The molecule has 2 heterocycles. The molecule has 0 bridgehead atoms. The third kappa shape index (κ3) is 3.32. The van der Waals surface area contributed by atoms with Crippen LogP contribution >= 0.6 is 0 Å². The second-order valence-corrected chi connectivity index (χ2v) is 6.22. The van der Waals surface area contributed by atoms with E-state index in [1.165, 1.54) is 0 Å². The molecule has 0 aliphatic carbocycles. The minimum Gasteiger partial charge on any atom is -0.466 e. The van der Waals surface area contributed by atoms with Crippen LogP contribution in [0.1, 0.15) is 34.6 Å². The van der Waals surface area contributed by atoms with Crippen LogP contribution in [0.15, 0.2) is 39.5 Å². The normalized spacial score (nSPS) is 13.6. The number of aromatic amines is 1. The van der Waals surface area contributed by atoms with Crippen LogP contribution in [-0.2, 0) is 5.60 Å². The number of hydrogen-bond donors (Lipinski definition) is 3. The minimum absolute atomic E-state index is 0.0534. The Morgan fingerprint density at radius 2 is 2.08 bits per heavy atom. The van der Waals surface area contributed by atoms with E-state index in [-0.39, 0.29) is 17.9 Å². The molecule has 0 saturated heterocycles. The molecule has 7 heteroatoms. The molecule has 3 aromatic rings. The van der Waals surface area contributed by atoms with Crippen molar-refractivity contribution in [3.05, 3.63) is 63.6 Å². The van der Waals surface area contributed by atoms with Crippen molar-refractivity contribution in [2.45, 2.75) is 26.4 Å². The van der Waals surface area contributed by atoms with Gasteiger partial charge in [-0.1, -0.05) is 12.1 Å². The maximum atomic E-state index is 12.3. The molecular formula is C18H19N3O4. The van der Waals surface area contributed by atoms with Crippen molar-refractivity contribution in [1.29, 1.82) is 0 Å². The Morgan fingerprint density at radius 1 is 1.36 bits per heavy atom. The first-order chi connectivity index (χ1) is 11.8. The van der Waals surface area contributed by atoms with Gasteiger partial charge in [-0.05, 0) is 39.0 Å². The predicted octanol–water partition coefficient (Wildman–Crippen LogP) is 1.77. The minimum atomic E-state index is -1.31. The molecule has 0 fully saturated rings. The first-order valence-corrected chi connectivity index (χ1v) is 7.85. The number of aryl methyl sites for hydroxylation is 2. The first-order valence-electron chi connectivity index (χ1n) is 7.85. The molecule has 0 aliphatic heterocycles. The highest BCUT2D eigenvalue weighted by Gasteiger charge is 2.28. The lowest BCUT2D eigenvalue weighted by molar-refractivity contribution is 0.0511. The van der Waals surface area contributed by atoms with Crippen LogP contribution in [0.4, 0.5) is 0 Å². The van der Waals surface area contributed by atoms with E-state index in [1.807, 2.05) is 0 Å². The smallest absolute Gasteiger partial charge is 0.287 e. The van der Waals surface area contributed by atoms with E-state index in [4.69, 9.17) is 4.42 Å². The van der Waals surface area contributed by atoms with Crippen molar-refractivity contribution in [2.75, 3.05) is 6.54 Å². The number of amides is 1. The molecule has 2 aromatic heterocycles. The number of benzene rings is 1. The molecule has 0 saturated carbocycles. The van der Waals surface area contributed by atoms with Crippen LogP contribution in [0.3, 0.4) is 0 Å². The van der Waals surface area contributed by atoms with Crippen molar-refractivity contribution in [2.24, 2.45) is 0 Å². The lowest BCUT2D eigenvalue weighted by Gasteiger charge is -2.23. The van der Waals surface area contributed by atoms with E-state index < -0.39 is 11.5 Å². The number of carbonyl (C=O) groups is 1. The molecule has 3 N–H and O–H groups in total. The van der Waals surface area contributed by atoms with Gasteiger partial charge in [0.25, 0.3) is 11.5 Å². The third-order valence-electron chi connectivity index (χ3n) is 4.04. The van der Waals surface area contributed by atoms with Crippen molar-refractivity contribution < 1.29 is 14.3 Å². The van der Waals surface area contributed by atoms with Gasteiger partial charge in [-0.25, -0.2) is 4.98 Å². The lowest BCUT2D eigenvalue weighted by atomic mass is 9.96. The van der Waals surface area contributed by atoms with Gasteiger partial charge in [0.2, 0.25) is 0 Å². The predicted molar refractivity (Wildman–Crippen MR) is 92.4 cm³/mol. The van der Waals surface area contributed by atoms with E-state index in [9.17, 15) is 14.7 Å². The number of aromatic nitrogens is 2. The fourth-order valence-corrected chi connectivity index (χ4v) is 2.79. The summed E-state index contributed by atoms with van der Waals surface area (Å²) in [5, 5.41) is 13.7. The van der Waals surface area contributed by atoms with Gasteiger partial charge in [-0.3, -0.25) is 9.59 Å². The Labute approximate surface area is 143 Å². The van der Waals surface area contributed by atoms with Gasteiger partial charge in [0.05, 0.1) is 17.4 Å². The van der Waals surface area contributed by atoms with E-state index in [2.05, 4.69) is 15.3 Å². The Balaban J connectivity index is 1.81. The summed E-state index contributed by atoms with van der Waals surface area (Å²) in [6, 6.07) is 8.50. The molecule has 1 atom stereocenters. The highest BCUT2D eigenvalue weighted by molar-refractivity contribution is 5.92. The number of fused-ring (bicyclic) bond motifs is 1. The van der Waals surface area contributed by atoms with Crippen LogP contribution in [0.25, 0.3) is 10.9 Å². The Morgan fingerprint density at radius 3 is 2.76 bits per heavy atom. The number of para-hydroxylation sites is 1. The zero-order chi connectivity index (χ0) is 18.2. The van der Waals surface area contributed by atoms with Gasteiger partial charge < -0.3 is 19.8 Å². The number of furan rings is 1. The van der Waals surface area contributed by atoms with E-state index in [1.54, 1.807) is 51.1 Å². The zero-order valence-electron chi connectivity index (χ0n) is 14.2. The van der Waals surface area contributed by atoms with Crippen LogP contribution in [0.5, 0.6) is 0 Å². The number of nitrogens with zero attached hydrogens (tertiary/aromatic N) is 1. The largest absolute Gasteiger partial charge is 0.466 e. The van der Waals surface area contributed by atoms with Gasteiger partial charge in [0.1, 0.15) is 17.1 Å². The van der Waals surface area contributed by atoms with E-state index in [0.717, 1.165) is 0 Å². The van der Waals surface area contributed by atoms with Gasteiger partial charge >= 0.3 is 0 Å². The van der Waals surface area contributed by atoms with Gasteiger partial charge in [0, 0.05) is 5.56 Å². The molecule has 3 rings (SSSR count). The van der Waals surface area contributed by atoms with Crippen LogP contribution in [0, 0.1) is 13.8 Å². The second-order valence-electron chi connectivity index (χ2n) is 6.22. The topological polar surface area (TPSA) is 108 Å². The van der Waals surface area contributed by atoms with E-state index >= 15 is 0 Å². The fourth-order valence-electron chi connectivity index (χ4n) is 2.79. The van der Waals surface area contributed by atoms with Crippen LogP contribution < -0.4 is 10.9 Å². The summed E-state index contributed by atoms with van der Waals surface area (Å²) in [5.74, 6) is 0.606. The molecule has 130 valence electrons. The summed E-state index contributed by atoms with van der Waals surface area (Å²) < 4.78 is 5.42. The van der Waals surface area contributed by atoms with Crippen molar-refractivity contribution in [3.8, 4) is 0 Å². The molecule has 25 heavy (non-hydrogen) atoms. The zero-order valence-corrected chi connectivity index (χ0v) is 14.2. The third-order valence-corrected chi connectivity index (χ3v) is 4.04. The van der Waals surface area contributed by atoms with Gasteiger partial charge in [0.15, 0.2) is 5.82 Å². The summed E-state index contributed by atoms with van der Waals surface area (Å²) >= 11 is 0. The summed E-state index contributed by atoms with van der Waals surface area (Å²) in [5.41, 5.74) is -0.659. The maximum absolute atomic E-state index is 12.3. The molecule has 1 unspecified atom stereocenters. The molecule has 0 aliphatic rings. The maximum Gasteiger partial charge on any atom is 0.287 e. The van der Waals surface area contributed by atoms with E-state index in [0.29, 0.717) is 28.0 Å². The number of rotatable bonds is 4. The first kappa shape index (κ1) is 16.9. The molecular weight excluding hydrogens is 322 g/mol. The number of hydrogen-bond acceptors (Lipinski definition) is 5. The number of nitrogens with one attached hydrogen (secondary N) is 2. The molecule has 0 radical (unpaired) electrons. The van der Waals surface area contributed by atoms with Crippen molar-refractivity contribution >= 4 is 16.8 Å². The highest BCUT2D eigenvalue weighted by atomic mass is 16.3. The lowest BCUT2D eigenvalue weighted by Crippen LogP contribution is -2.39. The average molecular weight is 341 g/mol. The molecule has 7 nitrogen and oxygen atoms in total. The SMILES string of the molecule is Cc1cc(C(C)(O)CNC(=O)c2nc3ccccc3c(=O)[nH]2)c(C)o1. The summed E-state index contributed by atoms with van der Waals surface area (Å²) in [6.45, 7) is 5.07. The van der Waals surface area contributed by atoms with Gasteiger partial charge in [-0.2, -0.15) is 0 Å². The van der Waals surface area contributed by atoms with Gasteiger partial charge in [-0.15, -0.1) is 0 Å². The molecule has 1 aromatic carbocycles.